The summed E-state index contributed by atoms with van der Waals surface area (Å²) in [7, 11) is -0.859. The van der Waals surface area contributed by atoms with Gasteiger partial charge in [-0.25, -0.2) is 13.1 Å². The van der Waals surface area contributed by atoms with E-state index >= 15 is 0 Å². The van der Waals surface area contributed by atoms with Crippen LogP contribution in [0.4, 0.5) is 5.69 Å². The molecule has 0 amide bonds. The normalized spacial score (nSPS) is 15.3. The quantitative estimate of drug-likeness (QED) is 0.0964. The Kier molecular flexibility index (Phi) is 10.4. The van der Waals surface area contributed by atoms with Crippen LogP contribution in [0.15, 0.2) is 34.2 Å². The number of carbonyl (C=O) groups is 1. The molecule has 0 spiro atoms. The number of nitrogens with one attached hydrogen (secondary N) is 2. The van der Waals surface area contributed by atoms with Gasteiger partial charge >= 0.3 is 5.97 Å². The Morgan fingerprint density at radius 3 is 2.57 bits per heavy atom. The molecule has 2 N–H and O–H groups in total. The second-order valence-electron chi connectivity index (χ2n) is 6.41. The Morgan fingerprint density at radius 1 is 1.33 bits per heavy atom. The van der Waals surface area contributed by atoms with Crippen LogP contribution in [0, 0.1) is 16.0 Å². The van der Waals surface area contributed by atoms with E-state index in [1.165, 1.54) is 25.3 Å². The molecule has 0 bridgehead atoms. The maximum Gasteiger partial charge on any atom is 0.308 e. The van der Waals surface area contributed by atoms with Gasteiger partial charge in [0.1, 0.15) is 0 Å². The molecule has 30 heavy (non-hydrogen) atoms. The molecular formula is C17H26IN5O6S. The van der Waals surface area contributed by atoms with Crippen molar-refractivity contribution < 1.29 is 22.9 Å². The van der Waals surface area contributed by atoms with E-state index in [4.69, 9.17) is 4.74 Å². The van der Waals surface area contributed by atoms with Gasteiger partial charge in [-0.3, -0.25) is 19.9 Å². The van der Waals surface area contributed by atoms with E-state index in [9.17, 15) is 23.3 Å². The van der Waals surface area contributed by atoms with Crippen LogP contribution in [0.5, 0.6) is 0 Å². The molecule has 0 radical (unpaired) electrons. The van der Waals surface area contributed by atoms with Crippen molar-refractivity contribution in [2.45, 2.75) is 17.7 Å². The lowest BCUT2D eigenvalue weighted by Gasteiger charge is -2.33. The molecule has 1 aliphatic heterocycles. The molecule has 0 unspecified atom stereocenters. The first-order chi connectivity index (χ1) is 13.8. The zero-order valence-electron chi connectivity index (χ0n) is 16.7. The van der Waals surface area contributed by atoms with Gasteiger partial charge in [-0.05, 0) is 18.9 Å². The number of non-ortho nitro benzene ring substituents is 1. The fourth-order valence-electron chi connectivity index (χ4n) is 3.03. The number of nitro groups is 1. The Morgan fingerprint density at radius 2 is 2.00 bits per heavy atom. The Labute approximate surface area is 192 Å². The van der Waals surface area contributed by atoms with Crippen LogP contribution in [0.2, 0.25) is 0 Å². The lowest BCUT2D eigenvalue weighted by atomic mass is 9.97. The summed E-state index contributed by atoms with van der Waals surface area (Å²) in [4.78, 5) is 27.8. The Hall–Kier alpha value is -2.00. The molecule has 0 saturated carbocycles. The van der Waals surface area contributed by atoms with Crippen LogP contribution in [-0.2, 0) is 19.6 Å². The standard InChI is InChI=1S/C17H25N5O6S.HI/c1-18-17(21-10-6-13(7-11-21)16(23)28-2)19-8-9-20-29(26,27)15-5-3-4-14(12-15)22(24)25;/h3-5,12-13,20H,6-11H2,1-2H3,(H,18,19);1H. The van der Waals surface area contributed by atoms with Gasteiger partial charge in [-0.15, -0.1) is 24.0 Å². The number of methoxy groups -OCH3 is 1. The van der Waals surface area contributed by atoms with E-state index in [2.05, 4.69) is 15.0 Å². The number of nitro benzene ring substituents is 1. The average molecular weight is 555 g/mol. The van der Waals surface area contributed by atoms with Gasteiger partial charge in [0.15, 0.2) is 5.96 Å². The number of esters is 1. The fourth-order valence-corrected chi connectivity index (χ4v) is 4.10. The van der Waals surface area contributed by atoms with Crippen molar-refractivity contribution in [2.24, 2.45) is 10.9 Å². The third kappa shape index (κ3) is 7.05. The summed E-state index contributed by atoms with van der Waals surface area (Å²) in [5.74, 6) is 0.294. The molecule has 0 atom stereocenters. The molecule has 13 heteroatoms. The van der Waals surface area contributed by atoms with E-state index in [1.807, 2.05) is 4.90 Å². The maximum atomic E-state index is 12.3. The predicted octanol–water partition coefficient (Wildman–Crippen LogP) is 0.952. The topological polar surface area (TPSA) is 143 Å². The van der Waals surface area contributed by atoms with Gasteiger partial charge in [0, 0.05) is 45.4 Å². The van der Waals surface area contributed by atoms with Crippen LogP contribution in [0.1, 0.15) is 12.8 Å². The van der Waals surface area contributed by atoms with E-state index in [0.29, 0.717) is 31.9 Å². The van der Waals surface area contributed by atoms with Crippen molar-refractivity contribution in [3.8, 4) is 0 Å². The number of piperidine rings is 1. The summed E-state index contributed by atoms with van der Waals surface area (Å²) in [6, 6.07) is 4.87. The second-order valence-corrected chi connectivity index (χ2v) is 8.18. The number of guanidine groups is 1. The number of likely N-dealkylation sites (tertiary alicyclic amines) is 1. The molecule has 0 aliphatic carbocycles. The molecule has 0 aromatic heterocycles. The van der Waals surface area contributed by atoms with Crippen LogP contribution < -0.4 is 10.0 Å². The number of nitrogens with zero attached hydrogens (tertiary/aromatic N) is 3. The zero-order valence-corrected chi connectivity index (χ0v) is 19.9. The summed E-state index contributed by atoms with van der Waals surface area (Å²) in [5.41, 5.74) is -0.290. The number of rotatable bonds is 7. The number of benzene rings is 1. The van der Waals surface area contributed by atoms with E-state index in [1.54, 1.807) is 7.05 Å². The van der Waals surface area contributed by atoms with Crippen LogP contribution in [0.25, 0.3) is 0 Å². The van der Waals surface area contributed by atoms with Crippen molar-refractivity contribution in [3.05, 3.63) is 34.4 Å². The molecule has 1 aliphatic rings. The van der Waals surface area contributed by atoms with Gasteiger partial charge < -0.3 is 15.0 Å². The van der Waals surface area contributed by atoms with Gasteiger partial charge in [-0.2, -0.15) is 0 Å². The fraction of sp³-hybridized carbons (Fsp3) is 0.529. The monoisotopic (exact) mass is 555 g/mol. The molecule has 1 aromatic rings. The van der Waals surface area contributed by atoms with Crippen molar-refractivity contribution in [1.82, 2.24) is 14.9 Å². The SMILES string of the molecule is CN=C(NCCNS(=O)(=O)c1cccc([N+](=O)[O-])c1)N1CCC(C(=O)OC)CC1.I. The molecule has 1 aromatic carbocycles. The molecule has 1 fully saturated rings. The van der Waals surface area contributed by atoms with E-state index in [0.717, 1.165) is 6.07 Å². The molecule has 168 valence electrons. The second kappa shape index (κ2) is 12.0. The highest BCUT2D eigenvalue weighted by Crippen LogP contribution is 2.19. The van der Waals surface area contributed by atoms with Crippen LogP contribution >= 0.6 is 24.0 Å². The number of carbonyl (C=O) groups excluding carboxylic acids is 1. The molecular weight excluding hydrogens is 529 g/mol. The zero-order chi connectivity index (χ0) is 21.4. The first-order valence-electron chi connectivity index (χ1n) is 9.06. The molecule has 11 nitrogen and oxygen atoms in total. The van der Waals surface area contributed by atoms with Crippen LogP contribution in [-0.4, -0.2) is 70.5 Å². The maximum absolute atomic E-state index is 12.3. The minimum atomic E-state index is -3.86. The van der Waals surface area contributed by atoms with Gasteiger partial charge in [0.2, 0.25) is 10.0 Å². The van der Waals surface area contributed by atoms with Crippen molar-refractivity contribution in [3.63, 3.8) is 0 Å². The summed E-state index contributed by atoms with van der Waals surface area (Å²) >= 11 is 0. The number of halogens is 1. The first-order valence-corrected chi connectivity index (χ1v) is 10.5. The average Bonchev–Trinajstić information content (AvgIpc) is 2.73. The highest BCUT2D eigenvalue weighted by Gasteiger charge is 2.27. The molecule has 1 saturated heterocycles. The number of hydrogen-bond acceptors (Lipinski definition) is 7. The van der Waals surface area contributed by atoms with E-state index in [-0.39, 0.29) is 59.5 Å². The minimum Gasteiger partial charge on any atom is -0.469 e. The minimum absolute atomic E-state index is 0. The van der Waals surface area contributed by atoms with Gasteiger partial charge in [0.05, 0.1) is 22.8 Å². The summed E-state index contributed by atoms with van der Waals surface area (Å²) < 4.78 is 31.8. The summed E-state index contributed by atoms with van der Waals surface area (Å²) in [6.45, 7) is 1.62. The highest BCUT2D eigenvalue weighted by atomic mass is 127. The van der Waals surface area contributed by atoms with Crippen molar-refractivity contribution in [2.75, 3.05) is 40.3 Å². The largest absolute Gasteiger partial charge is 0.469 e. The van der Waals surface area contributed by atoms with E-state index < -0.39 is 14.9 Å². The molecule has 2 rings (SSSR count). The molecule has 1 heterocycles. The third-order valence-corrected chi connectivity index (χ3v) is 6.04. The van der Waals surface area contributed by atoms with Crippen molar-refractivity contribution >= 4 is 51.6 Å². The number of aliphatic imine (C=N–C) groups is 1. The summed E-state index contributed by atoms with van der Waals surface area (Å²) in [6.07, 6.45) is 1.32. The number of hydrogen-bond donors (Lipinski definition) is 2. The first kappa shape index (κ1) is 26.0. The van der Waals surface area contributed by atoms with Crippen molar-refractivity contribution in [1.29, 1.82) is 0 Å². The Bertz CT molecular complexity index is 871. The predicted molar refractivity (Wildman–Crippen MR) is 121 cm³/mol. The van der Waals surface area contributed by atoms with Gasteiger partial charge in [0.25, 0.3) is 5.69 Å². The smallest absolute Gasteiger partial charge is 0.308 e. The third-order valence-electron chi connectivity index (χ3n) is 4.58. The van der Waals surface area contributed by atoms with Crippen LogP contribution in [0.3, 0.4) is 0 Å². The number of ether oxygens (including phenoxy) is 1. The Balaban J connectivity index is 0.00000450. The lowest BCUT2D eigenvalue weighted by molar-refractivity contribution is -0.385. The number of sulfonamides is 1. The van der Waals surface area contributed by atoms with Gasteiger partial charge in [-0.1, -0.05) is 6.07 Å². The highest BCUT2D eigenvalue weighted by molar-refractivity contribution is 14.0. The summed E-state index contributed by atoms with van der Waals surface area (Å²) in [5, 5.41) is 13.9. The lowest BCUT2D eigenvalue weighted by Crippen LogP contribution is -2.48.